The Hall–Kier alpha value is -3.34. The fraction of sp³-hybridized carbons (Fsp3) is 0.0500. The lowest BCUT2D eigenvalue weighted by Gasteiger charge is -2.28. The molecule has 1 N–H and O–H groups in total. The molecular weight excluding hydrogens is 323 g/mol. The minimum atomic E-state index is -1.36. The Morgan fingerprint density at radius 1 is 0.840 bits per heavy atom. The van der Waals surface area contributed by atoms with Crippen LogP contribution < -0.4 is 9.47 Å². The van der Waals surface area contributed by atoms with E-state index in [0.717, 1.165) is 23.3 Å². The predicted octanol–water partition coefficient (Wildman–Crippen LogP) is 4.20. The van der Waals surface area contributed by atoms with Crippen molar-refractivity contribution in [3.05, 3.63) is 95.3 Å². The highest BCUT2D eigenvalue weighted by atomic mass is 19.1. The number of ether oxygens (including phenoxy) is 2. The van der Waals surface area contributed by atoms with Crippen LogP contribution in [-0.2, 0) is 5.79 Å². The first-order valence-electron chi connectivity index (χ1n) is 7.66. The number of carboxylic acids is 1. The number of hydrogen-bond donors (Lipinski definition) is 1. The van der Waals surface area contributed by atoms with Crippen LogP contribution in [0.4, 0.5) is 4.39 Å². The van der Waals surface area contributed by atoms with E-state index in [0.29, 0.717) is 0 Å². The van der Waals surface area contributed by atoms with Gasteiger partial charge < -0.3 is 14.6 Å². The van der Waals surface area contributed by atoms with Gasteiger partial charge in [0.2, 0.25) is 0 Å². The fourth-order valence-corrected chi connectivity index (χ4v) is 2.91. The number of carboxylic acid groups (broad SMARTS) is 1. The van der Waals surface area contributed by atoms with Gasteiger partial charge in [0.05, 0.1) is 5.56 Å². The molecule has 0 atom stereocenters. The molecule has 0 radical (unpaired) electrons. The van der Waals surface area contributed by atoms with Gasteiger partial charge in [0.25, 0.3) is 0 Å². The molecule has 1 aliphatic rings. The third-order valence-electron chi connectivity index (χ3n) is 4.08. The zero-order valence-electron chi connectivity index (χ0n) is 13.0. The Balaban J connectivity index is 1.89. The van der Waals surface area contributed by atoms with E-state index in [1.807, 2.05) is 60.7 Å². The van der Waals surface area contributed by atoms with Gasteiger partial charge in [0.15, 0.2) is 11.5 Å². The molecule has 124 valence electrons. The third kappa shape index (κ3) is 2.41. The van der Waals surface area contributed by atoms with Crippen molar-refractivity contribution in [1.29, 1.82) is 0 Å². The largest absolute Gasteiger partial charge is 0.478 e. The summed E-state index contributed by atoms with van der Waals surface area (Å²) in [5.41, 5.74) is 0.976. The first-order valence-corrected chi connectivity index (χ1v) is 7.66. The van der Waals surface area contributed by atoms with E-state index in [1.165, 1.54) is 0 Å². The Morgan fingerprint density at radius 2 is 1.32 bits per heavy atom. The lowest BCUT2D eigenvalue weighted by atomic mass is 9.97. The molecule has 25 heavy (non-hydrogen) atoms. The van der Waals surface area contributed by atoms with Crippen molar-refractivity contribution in [3.8, 4) is 11.5 Å². The van der Waals surface area contributed by atoms with Gasteiger partial charge in [0, 0.05) is 23.3 Å². The molecule has 0 amide bonds. The number of benzene rings is 3. The van der Waals surface area contributed by atoms with Crippen LogP contribution in [0.1, 0.15) is 21.5 Å². The Kier molecular flexibility index (Phi) is 3.42. The molecule has 3 aromatic carbocycles. The van der Waals surface area contributed by atoms with E-state index in [2.05, 4.69) is 0 Å². The highest BCUT2D eigenvalue weighted by Gasteiger charge is 2.46. The summed E-state index contributed by atoms with van der Waals surface area (Å²) < 4.78 is 26.1. The first-order chi connectivity index (χ1) is 12.1. The second-order valence-electron chi connectivity index (χ2n) is 5.64. The average Bonchev–Trinajstić information content (AvgIpc) is 3.02. The Bertz CT molecular complexity index is 899. The molecule has 3 aromatic rings. The molecule has 1 heterocycles. The van der Waals surface area contributed by atoms with Crippen molar-refractivity contribution in [3.63, 3.8) is 0 Å². The van der Waals surface area contributed by atoms with Crippen molar-refractivity contribution in [1.82, 2.24) is 0 Å². The third-order valence-corrected chi connectivity index (χ3v) is 4.08. The average molecular weight is 336 g/mol. The van der Waals surface area contributed by atoms with E-state index in [1.54, 1.807) is 0 Å². The van der Waals surface area contributed by atoms with Gasteiger partial charge in [-0.1, -0.05) is 60.7 Å². The summed E-state index contributed by atoms with van der Waals surface area (Å²) >= 11 is 0. The normalized spacial score (nSPS) is 14.3. The number of fused-ring (bicyclic) bond motifs is 1. The smallest absolute Gasteiger partial charge is 0.338 e. The second-order valence-corrected chi connectivity index (χ2v) is 5.64. The van der Waals surface area contributed by atoms with Crippen LogP contribution in [0.2, 0.25) is 0 Å². The SMILES string of the molecule is O=C(O)c1cc2c(cc1F)OC(c1ccccc1)(c1ccccc1)O2. The van der Waals surface area contributed by atoms with E-state index in [4.69, 9.17) is 14.6 Å². The summed E-state index contributed by atoms with van der Waals surface area (Å²) in [6.07, 6.45) is 0. The molecule has 0 aliphatic carbocycles. The quantitative estimate of drug-likeness (QED) is 0.779. The lowest BCUT2D eigenvalue weighted by molar-refractivity contribution is -0.0459. The van der Waals surface area contributed by atoms with Gasteiger partial charge in [-0.25, -0.2) is 9.18 Å². The van der Waals surface area contributed by atoms with Crippen molar-refractivity contribution in [2.24, 2.45) is 0 Å². The van der Waals surface area contributed by atoms with Crippen LogP contribution in [0.5, 0.6) is 11.5 Å². The van der Waals surface area contributed by atoms with Gasteiger partial charge >= 0.3 is 11.8 Å². The monoisotopic (exact) mass is 336 g/mol. The molecule has 4 rings (SSSR count). The number of aromatic carboxylic acids is 1. The predicted molar refractivity (Wildman–Crippen MR) is 88.3 cm³/mol. The summed E-state index contributed by atoms with van der Waals surface area (Å²) in [7, 11) is 0. The maximum absolute atomic E-state index is 14.0. The maximum atomic E-state index is 14.0. The maximum Gasteiger partial charge on any atom is 0.338 e. The summed E-state index contributed by atoms with van der Waals surface area (Å²) in [4.78, 5) is 11.2. The van der Waals surface area contributed by atoms with Crippen LogP contribution in [0.25, 0.3) is 0 Å². The van der Waals surface area contributed by atoms with E-state index >= 15 is 0 Å². The summed E-state index contributed by atoms with van der Waals surface area (Å²) in [6.45, 7) is 0. The highest BCUT2D eigenvalue weighted by Crippen LogP contribution is 2.48. The van der Waals surface area contributed by atoms with Crippen molar-refractivity contribution in [2.75, 3.05) is 0 Å². The standard InChI is InChI=1S/C20H13FO4/c21-16-12-18-17(11-15(16)19(22)23)24-20(25-18,13-7-3-1-4-8-13)14-9-5-2-6-10-14/h1-12H,(H,22,23). The molecule has 0 saturated heterocycles. The Labute approximate surface area is 143 Å². The molecule has 4 nitrogen and oxygen atoms in total. The van der Waals surface area contributed by atoms with Crippen LogP contribution in [-0.4, -0.2) is 11.1 Å². The van der Waals surface area contributed by atoms with E-state index < -0.39 is 23.1 Å². The summed E-state index contributed by atoms with van der Waals surface area (Å²) in [6, 6.07) is 20.7. The summed E-state index contributed by atoms with van der Waals surface area (Å²) in [5.74, 6) is -3.18. The summed E-state index contributed by atoms with van der Waals surface area (Å²) in [5, 5.41) is 9.12. The Morgan fingerprint density at radius 3 is 1.80 bits per heavy atom. The zero-order valence-corrected chi connectivity index (χ0v) is 13.0. The van der Waals surface area contributed by atoms with Gasteiger partial charge in [-0.3, -0.25) is 0 Å². The number of carbonyl (C=O) groups is 1. The van der Waals surface area contributed by atoms with E-state index in [-0.39, 0.29) is 11.5 Å². The first kappa shape index (κ1) is 15.2. The highest BCUT2D eigenvalue weighted by molar-refractivity contribution is 5.89. The minimum absolute atomic E-state index is 0.162. The molecule has 0 aromatic heterocycles. The van der Waals surface area contributed by atoms with Gasteiger partial charge in [-0.15, -0.1) is 0 Å². The number of halogens is 1. The van der Waals surface area contributed by atoms with Gasteiger partial charge in [-0.05, 0) is 0 Å². The van der Waals surface area contributed by atoms with Crippen LogP contribution in [0.15, 0.2) is 72.8 Å². The van der Waals surface area contributed by atoms with Crippen molar-refractivity contribution < 1.29 is 23.8 Å². The molecule has 1 aliphatic heterocycles. The van der Waals surface area contributed by atoms with Crippen molar-refractivity contribution >= 4 is 5.97 Å². The number of rotatable bonds is 3. The van der Waals surface area contributed by atoms with Gasteiger partial charge in [0.1, 0.15) is 5.82 Å². The van der Waals surface area contributed by atoms with E-state index in [9.17, 15) is 9.18 Å². The number of hydrogen-bond acceptors (Lipinski definition) is 3. The molecule has 0 spiro atoms. The molecular formula is C20H13FO4. The fourth-order valence-electron chi connectivity index (χ4n) is 2.91. The second kappa shape index (κ2) is 5.63. The zero-order chi connectivity index (χ0) is 17.4. The van der Waals surface area contributed by atoms with Gasteiger partial charge in [-0.2, -0.15) is 0 Å². The topological polar surface area (TPSA) is 55.8 Å². The molecule has 5 heteroatoms. The van der Waals surface area contributed by atoms with Crippen LogP contribution in [0, 0.1) is 5.82 Å². The van der Waals surface area contributed by atoms with Crippen molar-refractivity contribution in [2.45, 2.75) is 5.79 Å². The molecule has 0 bridgehead atoms. The molecule has 0 unspecified atom stereocenters. The molecule has 0 saturated carbocycles. The van der Waals surface area contributed by atoms with Crippen LogP contribution >= 0.6 is 0 Å². The minimum Gasteiger partial charge on any atom is -0.478 e. The van der Waals surface area contributed by atoms with Crippen LogP contribution in [0.3, 0.4) is 0 Å². The lowest BCUT2D eigenvalue weighted by Crippen LogP contribution is -2.36. The molecule has 0 fully saturated rings.